The molecule has 9 heteroatoms. The number of benzene rings is 2. The monoisotopic (exact) mass is 573 g/mol. The van der Waals surface area contributed by atoms with Crippen molar-refractivity contribution in [3.05, 3.63) is 88.4 Å². The second-order valence-corrected chi connectivity index (χ2v) is 8.62. The predicted octanol–water partition coefficient (Wildman–Crippen LogP) is 4.58. The average Bonchev–Trinajstić information content (AvgIpc) is 3.46. The zero-order chi connectivity index (χ0) is 22.3. The molecule has 1 N–H and O–H groups in total. The van der Waals surface area contributed by atoms with Gasteiger partial charge in [-0.3, -0.25) is 4.99 Å². The van der Waals surface area contributed by atoms with Crippen LogP contribution >= 0.6 is 35.3 Å². The summed E-state index contributed by atoms with van der Waals surface area (Å²) in [6.07, 6.45) is 3.29. The van der Waals surface area contributed by atoms with Crippen molar-refractivity contribution < 1.29 is 0 Å². The minimum absolute atomic E-state index is 0. The Hall–Kier alpha value is -2.79. The summed E-state index contributed by atoms with van der Waals surface area (Å²) in [6.45, 7) is 4.15. The van der Waals surface area contributed by atoms with Crippen LogP contribution in [0.1, 0.15) is 21.8 Å². The molecule has 0 atom stereocenters. The van der Waals surface area contributed by atoms with Gasteiger partial charge in [0, 0.05) is 26.0 Å². The normalized spacial score (nSPS) is 11.2. The van der Waals surface area contributed by atoms with Crippen LogP contribution < -0.4 is 5.32 Å². The Bertz CT molecular complexity index is 1170. The Balaban J connectivity index is 0.00000306. The molecule has 0 unspecified atom stereocenters. The molecule has 7 nitrogen and oxygen atoms in total. The Labute approximate surface area is 215 Å². The molecule has 0 saturated heterocycles. The lowest BCUT2D eigenvalue weighted by Crippen LogP contribution is -2.38. The van der Waals surface area contributed by atoms with Crippen LogP contribution in [0, 0.1) is 6.92 Å². The van der Waals surface area contributed by atoms with Crippen LogP contribution in [0.3, 0.4) is 0 Å². The molecular weight excluding hydrogens is 545 g/mol. The molecule has 0 amide bonds. The number of halogens is 1. The van der Waals surface area contributed by atoms with E-state index in [9.17, 15) is 0 Å². The zero-order valence-corrected chi connectivity index (χ0v) is 22.1. The van der Waals surface area contributed by atoms with Crippen LogP contribution in [-0.4, -0.2) is 44.7 Å². The Morgan fingerprint density at radius 1 is 1.15 bits per heavy atom. The lowest BCUT2D eigenvalue weighted by Gasteiger charge is -2.22. The summed E-state index contributed by atoms with van der Waals surface area (Å²) < 4.78 is 1.82. The van der Waals surface area contributed by atoms with E-state index >= 15 is 0 Å². The maximum atomic E-state index is 4.55. The lowest BCUT2D eigenvalue weighted by atomic mass is 9.98. The molecule has 4 rings (SSSR count). The fourth-order valence-electron chi connectivity index (χ4n) is 3.60. The van der Waals surface area contributed by atoms with Crippen molar-refractivity contribution in [2.45, 2.75) is 26.6 Å². The topological polar surface area (TPSA) is 71.2 Å². The van der Waals surface area contributed by atoms with Crippen molar-refractivity contribution in [1.82, 2.24) is 30.0 Å². The number of aromatic nitrogens is 4. The van der Waals surface area contributed by atoms with Crippen LogP contribution in [0.5, 0.6) is 0 Å². The molecule has 0 aliphatic carbocycles. The van der Waals surface area contributed by atoms with Crippen LogP contribution in [-0.2, 0) is 19.6 Å². The smallest absolute Gasteiger partial charge is 0.194 e. The Kier molecular flexibility index (Phi) is 8.95. The van der Waals surface area contributed by atoms with Gasteiger partial charge in [0.2, 0.25) is 0 Å². The van der Waals surface area contributed by atoms with E-state index in [0.29, 0.717) is 13.1 Å². The minimum atomic E-state index is 0. The molecule has 0 saturated carbocycles. The van der Waals surface area contributed by atoms with Crippen molar-refractivity contribution >= 4 is 41.3 Å². The molecule has 2 aromatic heterocycles. The number of hydrogen-bond acceptors (Lipinski definition) is 5. The number of thiazole rings is 1. The number of nitrogens with zero attached hydrogens (tertiary/aromatic N) is 6. The van der Waals surface area contributed by atoms with Crippen LogP contribution in [0.15, 0.2) is 71.6 Å². The highest BCUT2D eigenvalue weighted by Gasteiger charge is 2.11. The molecule has 0 fully saturated rings. The summed E-state index contributed by atoms with van der Waals surface area (Å²) in [7, 11) is 3.84. The Morgan fingerprint density at radius 3 is 2.61 bits per heavy atom. The lowest BCUT2D eigenvalue weighted by molar-refractivity contribution is 0.470. The number of aryl methyl sites for hydroxylation is 1. The second kappa shape index (κ2) is 11.9. The molecule has 0 radical (unpaired) electrons. The number of rotatable bonds is 7. The maximum absolute atomic E-state index is 4.55. The van der Waals surface area contributed by atoms with Gasteiger partial charge in [0.25, 0.3) is 0 Å². The van der Waals surface area contributed by atoms with Gasteiger partial charge in [0.1, 0.15) is 12.7 Å². The van der Waals surface area contributed by atoms with Gasteiger partial charge in [-0.1, -0.05) is 48.5 Å². The summed E-state index contributed by atoms with van der Waals surface area (Å²) in [5.41, 5.74) is 5.86. The highest BCUT2D eigenvalue weighted by Crippen LogP contribution is 2.24. The molecular formula is C24H28IN7S. The molecule has 0 spiro atoms. The van der Waals surface area contributed by atoms with Crippen molar-refractivity contribution in [1.29, 1.82) is 0 Å². The minimum Gasteiger partial charge on any atom is -0.352 e. The molecule has 0 aliphatic rings. The Morgan fingerprint density at radius 2 is 1.94 bits per heavy atom. The first-order valence-electron chi connectivity index (χ1n) is 10.4. The van der Waals surface area contributed by atoms with Gasteiger partial charge < -0.3 is 10.2 Å². The molecule has 33 heavy (non-hydrogen) atoms. The van der Waals surface area contributed by atoms with Crippen molar-refractivity contribution in [3.63, 3.8) is 0 Å². The molecule has 2 heterocycles. The zero-order valence-electron chi connectivity index (χ0n) is 19.0. The number of aliphatic imine (C=N–C) groups is 1. The quantitative estimate of drug-likeness (QED) is 0.199. The van der Waals surface area contributed by atoms with Crippen LogP contribution in [0.25, 0.3) is 11.1 Å². The van der Waals surface area contributed by atoms with Gasteiger partial charge in [0.05, 0.1) is 23.8 Å². The first-order chi connectivity index (χ1) is 15.6. The van der Waals surface area contributed by atoms with E-state index in [0.717, 1.165) is 23.2 Å². The highest BCUT2D eigenvalue weighted by molar-refractivity contribution is 14.0. The van der Waals surface area contributed by atoms with E-state index < -0.39 is 0 Å². The van der Waals surface area contributed by atoms with E-state index in [-0.39, 0.29) is 24.0 Å². The molecule has 0 bridgehead atoms. The predicted molar refractivity (Wildman–Crippen MR) is 145 cm³/mol. The van der Waals surface area contributed by atoms with Crippen molar-refractivity contribution in [2.24, 2.45) is 4.99 Å². The third-order valence-corrected chi connectivity index (χ3v) is 5.99. The summed E-state index contributed by atoms with van der Waals surface area (Å²) in [5, 5.41) is 10.9. The van der Waals surface area contributed by atoms with Gasteiger partial charge in [-0.05, 0) is 29.2 Å². The SMILES string of the molecule is CN=C(NCc1ccccc1-c1ccc(Cn2cncn2)cc1)N(C)Cc1csc(C)n1.I. The number of guanidine groups is 1. The molecule has 2 aromatic carbocycles. The number of hydrogen-bond donors (Lipinski definition) is 1. The molecule has 172 valence electrons. The average molecular weight is 574 g/mol. The van der Waals surface area contributed by atoms with Gasteiger partial charge in [-0.2, -0.15) is 5.10 Å². The van der Waals surface area contributed by atoms with Crippen LogP contribution in [0.2, 0.25) is 0 Å². The summed E-state index contributed by atoms with van der Waals surface area (Å²) in [6, 6.07) is 17.1. The third-order valence-electron chi connectivity index (χ3n) is 5.17. The van der Waals surface area contributed by atoms with Crippen LogP contribution in [0.4, 0.5) is 0 Å². The number of nitrogens with one attached hydrogen (secondary N) is 1. The van der Waals surface area contributed by atoms with Gasteiger partial charge >= 0.3 is 0 Å². The largest absolute Gasteiger partial charge is 0.352 e. The van der Waals surface area contributed by atoms with E-state index in [1.165, 1.54) is 22.3 Å². The van der Waals surface area contributed by atoms with E-state index in [2.05, 4.69) is 84.2 Å². The fraction of sp³-hybridized carbons (Fsp3) is 0.250. The summed E-state index contributed by atoms with van der Waals surface area (Å²) in [5.74, 6) is 0.841. The third kappa shape index (κ3) is 6.61. The van der Waals surface area contributed by atoms with Crippen molar-refractivity contribution in [2.75, 3.05) is 14.1 Å². The van der Waals surface area contributed by atoms with E-state index in [1.807, 2.05) is 25.7 Å². The maximum Gasteiger partial charge on any atom is 0.194 e. The summed E-state index contributed by atoms with van der Waals surface area (Å²) >= 11 is 1.67. The van der Waals surface area contributed by atoms with Crippen molar-refractivity contribution in [3.8, 4) is 11.1 Å². The molecule has 4 aromatic rings. The van der Waals surface area contributed by atoms with E-state index in [4.69, 9.17) is 0 Å². The van der Waals surface area contributed by atoms with E-state index in [1.54, 1.807) is 24.0 Å². The van der Waals surface area contributed by atoms with Gasteiger partial charge in [-0.15, -0.1) is 35.3 Å². The summed E-state index contributed by atoms with van der Waals surface area (Å²) in [4.78, 5) is 15.1. The first-order valence-corrected chi connectivity index (χ1v) is 11.3. The molecule has 0 aliphatic heterocycles. The highest BCUT2D eigenvalue weighted by atomic mass is 127. The first kappa shape index (κ1) is 24.8. The van der Waals surface area contributed by atoms with Gasteiger partial charge in [-0.25, -0.2) is 14.6 Å². The standard InChI is InChI=1S/C24H27N7S.HI/c1-18-29-22(15-32-18)14-30(3)24(25-2)27-12-21-6-4-5-7-23(21)20-10-8-19(9-11-20)13-31-17-26-16-28-31;/h4-11,15-17H,12-14H2,1-3H3,(H,25,27);1H. The fourth-order valence-corrected chi connectivity index (χ4v) is 4.21. The second-order valence-electron chi connectivity index (χ2n) is 7.56. The van der Waals surface area contributed by atoms with Gasteiger partial charge in [0.15, 0.2) is 5.96 Å².